The first-order valence-electron chi connectivity index (χ1n) is 3.74. The quantitative estimate of drug-likeness (QED) is 0.397. The fourth-order valence-electron chi connectivity index (χ4n) is 1.01. The highest BCUT2D eigenvalue weighted by atomic mass is 16.4. The van der Waals surface area contributed by atoms with Crippen LogP contribution < -0.4 is 5.46 Å². The molecule has 13 heavy (non-hydrogen) atoms. The lowest BCUT2D eigenvalue weighted by Crippen LogP contribution is -2.33. The minimum Gasteiger partial charge on any atom is -0.423 e. The summed E-state index contributed by atoms with van der Waals surface area (Å²) in [6.45, 7) is -0.558. The normalized spacial score (nSPS) is 10.2. The third kappa shape index (κ3) is 2.25. The molecule has 0 aliphatic rings. The monoisotopic (exact) mass is 183 g/mol. The Bertz CT molecular complexity index is 292. The molecule has 1 aromatic rings. The van der Waals surface area contributed by atoms with E-state index in [-0.39, 0.29) is 18.7 Å². The van der Waals surface area contributed by atoms with Gasteiger partial charge in [-0.15, -0.1) is 0 Å². The van der Waals surface area contributed by atoms with E-state index in [1.807, 2.05) is 0 Å². The maximum atomic E-state index is 8.86. The number of rotatable bonds is 3. The Balaban J connectivity index is 3.08. The predicted octanol–water partition coefficient (Wildman–Crippen LogP) is -2.25. The molecule has 0 aromatic carbocycles. The van der Waals surface area contributed by atoms with Gasteiger partial charge in [-0.1, -0.05) is 0 Å². The Kier molecular flexibility index (Phi) is 3.38. The van der Waals surface area contributed by atoms with Gasteiger partial charge in [0.2, 0.25) is 0 Å². The third-order valence-corrected chi connectivity index (χ3v) is 1.69. The smallest absolute Gasteiger partial charge is 0.423 e. The fourth-order valence-corrected chi connectivity index (χ4v) is 1.01. The van der Waals surface area contributed by atoms with Gasteiger partial charge >= 0.3 is 7.12 Å². The van der Waals surface area contributed by atoms with Crippen LogP contribution in [0.25, 0.3) is 0 Å². The molecule has 4 N–H and O–H groups in total. The molecular formula is C7H10BNO4. The summed E-state index contributed by atoms with van der Waals surface area (Å²) in [5, 5.41) is 35.3. The molecule has 5 nitrogen and oxygen atoms in total. The summed E-state index contributed by atoms with van der Waals surface area (Å²) in [5.74, 6) is 0. The van der Waals surface area contributed by atoms with Crippen molar-refractivity contribution in [1.29, 1.82) is 0 Å². The van der Waals surface area contributed by atoms with Gasteiger partial charge in [0.25, 0.3) is 0 Å². The van der Waals surface area contributed by atoms with Crippen LogP contribution in [0.3, 0.4) is 0 Å². The molecule has 0 fully saturated rings. The molecule has 0 aliphatic carbocycles. The van der Waals surface area contributed by atoms with Gasteiger partial charge in [0, 0.05) is 11.7 Å². The first-order chi connectivity index (χ1) is 6.19. The van der Waals surface area contributed by atoms with Crippen LogP contribution in [0.5, 0.6) is 0 Å². The second-order valence-electron chi connectivity index (χ2n) is 2.56. The maximum absolute atomic E-state index is 8.86. The molecule has 0 spiro atoms. The molecule has 0 saturated carbocycles. The lowest BCUT2D eigenvalue weighted by molar-refractivity contribution is 0.272. The summed E-state index contributed by atoms with van der Waals surface area (Å²) < 4.78 is 0. The Morgan fingerprint density at radius 2 is 1.92 bits per heavy atom. The van der Waals surface area contributed by atoms with Gasteiger partial charge in [-0.3, -0.25) is 4.98 Å². The highest BCUT2D eigenvalue weighted by molar-refractivity contribution is 6.59. The van der Waals surface area contributed by atoms with E-state index in [1.54, 1.807) is 0 Å². The van der Waals surface area contributed by atoms with Gasteiger partial charge in [0.05, 0.1) is 18.9 Å². The molecule has 0 amide bonds. The number of aliphatic hydroxyl groups excluding tert-OH is 2. The molecule has 1 heterocycles. The summed E-state index contributed by atoms with van der Waals surface area (Å²) in [4.78, 5) is 3.75. The Labute approximate surface area is 75.5 Å². The second-order valence-corrected chi connectivity index (χ2v) is 2.56. The summed E-state index contributed by atoms with van der Waals surface area (Å²) in [6, 6.07) is 1.43. The summed E-state index contributed by atoms with van der Waals surface area (Å²) >= 11 is 0. The average molecular weight is 183 g/mol. The van der Waals surface area contributed by atoms with Crippen molar-refractivity contribution in [2.45, 2.75) is 13.2 Å². The minimum absolute atomic E-state index is 0.153. The topological polar surface area (TPSA) is 93.8 Å². The first-order valence-corrected chi connectivity index (χ1v) is 3.74. The SMILES string of the molecule is OCc1cc(CO)c(B(O)O)cn1. The van der Waals surface area contributed by atoms with E-state index < -0.39 is 7.12 Å². The molecule has 0 bridgehead atoms. The van der Waals surface area contributed by atoms with Crippen LogP contribution in [0.15, 0.2) is 12.3 Å². The van der Waals surface area contributed by atoms with Gasteiger partial charge < -0.3 is 20.3 Å². The Hall–Kier alpha value is -0.945. The lowest BCUT2D eigenvalue weighted by atomic mass is 9.78. The lowest BCUT2D eigenvalue weighted by Gasteiger charge is -2.06. The van der Waals surface area contributed by atoms with Crippen LogP contribution >= 0.6 is 0 Å². The number of hydrogen-bond acceptors (Lipinski definition) is 5. The molecule has 0 radical (unpaired) electrons. The van der Waals surface area contributed by atoms with Crippen molar-refractivity contribution >= 4 is 12.6 Å². The highest BCUT2D eigenvalue weighted by Crippen LogP contribution is 2.00. The van der Waals surface area contributed by atoms with Crippen LogP contribution in [0.4, 0.5) is 0 Å². The zero-order valence-corrected chi connectivity index (χ0v) is 6.88. The average Bonchev–Trinajstić information content (AvgIpc) is 2.16. The largest absolute Gasteiger partial charge is 0.490 e. The summed E-state index contributed by atoms with van der Waals surface area (Å²) in [6.07, 6.45) is 1.22. The molecule has 0 saturated heterocycles. The minimum atomic E-state index is -1.65. The number of hydrogen-bond donors (Lipinski definition) is 4. The highest BCUT2D eigenvalue weighted by Gasteiger charge is 2.16. The van der Waals surface area contributed by atoms with Gasteiger partial charge in [0.15, 0.2) is 0 Å². The zero-order chi connectivity index (χ0) is 9.84. The van der Waals surface area contributed by atoms with Crippen molar-refractivity contribution in [3.63, 3.8) is 0 Å². The van der Waals surface area contributed by atoms with E-state index in [0.29, 0.717) is 11.3 Å². The van der Waals surface area contributed by atoms with Crippen LogP contribution in [-0.4, -0.2) is 32.4 Å². The fraction of sp³-hybridized carbons (Fsp3) is 0.286. The van der Waals surface area contributed by atoms with Crippen molar-refractivity contribution in [1.82, 2.24) is 4.98 Å². The third-order valence-electron chi connectivity index (χ3n) is 1.69. The molecule has 0 aliphatic heterocycles. The van der Waals surface area contributed by atoms with E-state index in [1.165, 1.54) is 12.3 Å². The summed E-state index contributed by atoms with van der Waals surface area (Å²) in [7, 11) is -1.65. The molecule has 0 atom stereocenters. The molecule has 1 aromatic heterocycles. The number of aromatic nitrogens is 1. The van der Waals surface area contributed by atoms with E-state index >= 15 is 0 Å². The molecular weight excluding hydrogens is 173 g/mol. The van der Waals surface area contributed by atoms with Crippen LogP contribution in [0.1, 0.15) is 11.3 Å². The van der Waals surface area contributed by atoms with Crippen LogP contribution in [0, 0.1) is 0 Å². The molecule has 1 rings (SSSR count). The van der Waals surface area contributed by atoms with Crippen molar-refractivity contribution in [2.24, 2.45) is 0 Å². The zero-order valence-electron chi connectivity index (χ0n) is 6.88. The standard InChI is InChI=1S/C7H10BNO4/c10-3-5-1-6(4-11)9-2-7(5)8(12)13/h1-2,10-13H,3-4H2. The second kappa shape index (κ2) is 4.34. The van der Waals surface area contributed by atoms with Crippen molar-refractivity contribution in [2.75, 3.05) is 0 Å². The van der Waals surface area contributed by atoms with E-state index in [4.69, 9.17) is 20.3 Å². The van der Waals surface area contributed by atoms with Crippen LogP contribution in [0.2, 0.25) is 0 Å². The molecule has 70 valence electrons. The predicted molar refractivity (Wildman–Crippen MR) is 45.9 cm³/mol. The first kappa shape index (κ1) is 10.1. The maximum Gasteiger partial charge on any atom is 0.490 e. The van der Waals surface area contributed by atoms with E-state index in [0.717, 1.165) is 0 Å². The molecule has 6 heteroatoms. The number of pyridine rings is 1. The Morgan fingerprint density at radius 3 is 2.38 bits per heavy atom. The van der Waals surface area contributed by atoms with Gasteiger partial charge in [-0.25, -0.2) is 0 Å². The number of nitrogens with zero attached hydrogens (tertiary/aromatic N) is 1. The Morgan fingerprint density at radius 1 is 1.23 bits per heavy atom. The van der Waals surface area contributed by atoms with Crippen molar-refractivity contribution in [3.05, 3.63) is 23.5 Å². The van der Waals surface area contributed by atoms with Gasteiger partial charge in [0.1, 0.15) is 0 Å². The summed E-state index contributed by atoms with van der Waals surface area (Å²) in [5.41, 5.74) is 0.891. The van der Waals surface area contributed by atoms with Gasteiger partial charge in [-0.05, 0) is 11.6 Å². The van der Waals surface area contributed by atoms with E-state index in [2.05, 4.69) is 4.98 Å². The van der Waals surface area contributed by atoms with Crippen LogP contribution in [-0.2, 0) is 13.2 Å². The van der Waals surface area contributed by atoms with Gasteiger partial charge in [-0.2, -0.15) is 0 Å². The van der Waals surface area contributed by atoms with Crippen molar-refractivity contribution in [3.8, 4) is 0 Å². The van der Waals surface area contributed by atoms with E-state index in [9.17, 15) is 0 Å². The molecule has 0 unspecified atom stereocenters. The van der Waals surface area contributed by atoms with Crippen molar-refractivity contribution < 1.29 is 20.3 Å². The number of aliphatic hydroxyl groups is 2.